The number of amides is 3. The van der Waals surface area contributed by atoms with E-state index in [1.165, 1.54) is 0 Å². The highest BCUT2D eigenvalue weighted by Crippen LogP contribution is 2.21. The maximum absolute atomic E-state index is 13.1. The Balaban J connectivity index is 1.43. The second-order valence-electron chi connectivity index (χ2n) is 8.04. The predicted octanol–water partition coefficient (Wildman–Crippen LogP) is 0.972. The highest BCUT2D eigenvalue weighted by molar-refractivity contribution is 5.95. The van der Waals surface area contributed by atoms with Crippen LogP contribution >= 0.6 is 0 Å². The van der Waals surface area contributed by atoms with Gasteiger partial charge in [0.25, 0.3) is 0 Å². The first kappa shape index (κ1) is 20.1. The maximum atomic E-state index is 13.1. The molecule has 0 saturated carbocycles. The molecule has 8 nitrogen and oxygen atoms in total. The van der Waals surface area contributed by atoms with Gasteiger partial charge in [-0.1, -0.05) is 30.3 Å². The molecule has 0 aliphatic carbocycles. The zero-order valence-corrected chi connectivity index (χ0v) is 17.5. The summed E-state index contributed by atoms with van der Waals surface area (Å²) in [5, 5.41) is 4.36. The third kappa shape index (κ3) is 4.08. The summed E-state index contributed by atoms with van der Waals surface area (Å²) in [7, 11) is 0. The Hall–Kier alpha value is -3.16. The van der Waals surface area contributed by atoms with E-state index in [0.29, 0.717) is 32.6 Å². The Morgan fingerprint density at radius 2 is 1.87 bits per heavy atom. The molecule has 0 spiro atoms. The summed E-state index contributed by atoms with van der Waals surface area (Å²) >= 11 is 0. The minimum absolute atomic E-state index is 0.0358. The molecule has 30 heavy (non-hydrogen) atoms. The summed E-state index contributed by atoms with van der Waals surface area (Å²) in [6.45, 7) is 5.79. The molecule has 3 amide bonds. The van der Waals surface area contributed by atoms with Crippen molar-refractivity contribution in [3.63, 3.8) is 0 Å². The van der Waals surface area contributed by atoms with Gasteiger partial charge in [-0.3, -0.25) is 19.1 Å². The van der Waals surface area contributed by atoms with Gasteiger partial charge in [-0.05, 0) is 31.9 Å². The molecule has 8 heteroatoms. The number of nitrogens with zero attached hydrogens (tertiary/aromatic N) is 5. The van der Waals surface area contributed by atoms with Crippen LogP contribution in [0.25, 0.3) is 0 Å². The molecule has 1 unspecified atom stereocenters. The first-order valence-corrected chi connectivity index (χ1v) is 10.3. The maximum Gasteiger partial charge on any atom is 0.246 e. The van der Waals surface area contributed by atoms with Gasteiger partial charge in [0.2, 0.25) is 17.7 Å². The zero-order valence-electron chi connectivity index (χ0n) is 17.5. The van der Waals surface area contributed by atoms with Crippen molar-refractivity contribution in [1.82, 2.24) is 24.5 Å². The third-order valence-corrected chi connectivity index (χ3v) is 5.86. The van der Waals surface area contributed by atoms with Crippen LogP contribution in [-0.2, 0) is 27.5 Å². The second-order valence-corrected chi connectivity index (χ2v) is 8.04. The molecule has 2 fully saturated rings. The SMILES string of the molecule is Cc1cc(C)n(CC(=O)N2CCC3C(=O)N(Cc4ccccc4)CC(=O)N3CC2)n1. The van der Waals surface area contributed by atoms with E-state index >= 15 is 0 Å². The lowest BCUT2D eigenvalue weighted by Gasteiger charge is -2.39. The van der Waals surface area contributed by atoms with Crippen molar-refractivity contribution < 1.29 is 14.4 Å². The number of piperazine rings is 1. The van der Waals surface area contributed by atoms with Crippen LogP contribution in [0.15, 0.2) is 36.4 Å². The Labute approximate surface area is 176 Å². The smallest absolute Gasteiger partial charge is 0.246 e. The van der Waals surface area contributed by atoms with E-state index in [9.17, 15) is 14.4 Å². The lowest BCUT2D eigenvalue weighted by molar-refractivity contribution is -0.156. The van der Waals surface area contributed by atoms with Crippen LogP contribution in [0.2, 0.25) is 0 Å². The topological polar surface area (TPSA) is 78.8 Å². The van der Waals surface area contributed by atoms with Crippen molar-refractivity contribution in [1.29, 1.82) is 0 Å². The van der Waals surface area contributed by atoms with Crippen LogP contribution in [0.5, 0.6) is 0 Å². The zero-order chi connectivity index (χ0) is 21.3. The van der Waals surface area contributed by atoms with Gasteiger partial charge in [0, 0.05) is 31.9 Å². The largest absolute Gasteiger partial charge is 0.339 e. The predicted molar refractivity (Wildman–Crippen MR) is 110 cm³/mol. The fourth-order valence-corrected chi connectivity index (χ4v) is 4.28. The van der Waals surface area contributed by atoms with Gasteiger partial charge in [0.05, 0.1) is 5.69 Å². The van der Waals surface area contributed by atoms with Gasteiger partial charge >= 0.3 is 0 Å². The van der Waals surface area contributed by atoms with Crippen molar-refractivity contribution in [3.05, 3.63) is 53.3 Å². The standard InChI is InChI=1S/C22H27N5O3/c1-16-12-17(2)27(23-16)15-20(28)24-9-8-19-22(30)25(13-18-6-4-3-5-7-18)14-21(29)26(19)11-10-24/h3-7,12,19H,8-11,13-15H2,1-2H3. The Kier molecular flexibility index (Phi) is 5.57. The number of rotatable bonds is 4. The fraction of sp³-hybridized carbons (Fsp3) is 0.455. The van der Waals surface area contributed by atoms with Crippen molar-refractivity contribution >= 4 is 17.7 Å². The summed E-state index contributed by atoms with van der Waals surface area (Å²) in [5.74, 6) is -0.128. The van der Waals surface area contributed by atoms with Gasteiger partial charge < -0.3 is 14.7 Å². The number of aromatic nitrogens is 2. The summed E-state index contributed by atoms with van der Waals surface area (Å²) < 4.78 is 1.70. The number of hydrogen-bond acceptors (Lipinski definition) is 4. The van der Waals surface area contributed by atoms with Crippen molar-refractivity contribution in [3.8, 4) is 0 Å². The molecule has 0 radical (unpaired) electrons. The van der Waals surface area contributed by atoms with E-state index in [4.69, 9.17) is 0 Å². The van der Waals surface area contributed by atoms with E-state index in [-0.39, 0.29) is 30.8 Å². The highest BCUT2D eigenvalue weighted by atomic mass is 16.2. The van der Waals surface area contributed by atoms with Crippen LogP contribution in [0.4, 0.5) is 0 Å². The summed E-state index contributed by atoms with van der Waals surface area (Å²) in [6.07, 6.45) is 0.457. The van der Waals surface area contributed by atoms with E-state index < -0.39 is 6.04 Å². The summed E-state index contributed by atoms with van der Waals surface area (Å²) in [5.41, 5.74) is 2.82. The molecule has 2 aromatic rings. The number of carbonyl (C=O) groups excluding carboxylic acids is 3. The molecule has 2 aliphatic heterocycles. The van der Waals surface area contributed by atoms with E-state index in [1.807, 2.05) is 50.2 Å². The molecule has 1 aromatic carbocycles. The average Bonchev–Trinajstić information content (AvgIpc) is 2.91. The summed E-state index contributed by atoms with van der Waals surface area (Å²) in [6, 6.07) is 11.1. The molecule has 1 atom stereocenters. The lowest BCUT2D eigenvalue weighted by atomic mass is 10.1. The number of fused-ring (bicyclic) bond motifs is 1. The highest BCUT2D eigenvalue weighted by Gasteiger charge is 2.41. The van der Waals surface area contributed by atoms with Gasteiger partial charge in [0.1, 0.15) is 19.1 Å². The first-order chi connectivity index (χ1) is 14.4. The molecule has 0 bridgehead atoms. The molecular formula is C22H27N5O3. The third-order valence-electron chi connectivity index (χ3n) is 5.86. The molecule has 1 aromatic heterocycles. The number of benzene rings is 1. The van der Waals surface area contributed by atoms with Crippen LogP contribution in [0.3, 0.4) is 0 Å². The Morgan fingerprint density at radius 1 is 1.10 bits per heavy atom. The first-order valence-electron chi connectivity index (χ1n) is 10.3. The van der Waals surface area contributed by atoms with Crippen LogP contribution in [0, 0.1) is 13.8 Å². The quantitative estimate of drug-likeness (QED) is 0.754. The molecule has 158 valence electrons. The second kappa shape index (κ2) is 8.30. The van der Waals surface area contributed by atoms with E-state index in [2.05, 4.69) is 5.10 Å². The number of carbonyl (C=O) groups is 3. The Morgan fingerprint density at radius 3 is 2.57 bits per heavy atom. The van der Waals surface area contributed by atoms with Crippen molar-refractivity contribution in [2.45, 2.75) is 39.4 Å². The molecule has 3 heterocycles. The Bertz CT molecular complexity index is 955. The van der Waals surface area contributed by atoms with Crippen LogP contribution < -0.4 is 0 Å². The minimum atomic E-state index is -0.499. The average molecular weight is 409 g/mol. The summed E-state index contributed by atoms with van der Waals surface area (Å²) in [4.78, 5) is 43.7. The normalized spacial score (nSPS) is 19.7. The van der Waals surface area contributed by atoms with Crippen LogP contribution in [0.1, 0.15) is 23.4 Å². The van der Waals surface area contributed by atoms with Crippen LogP contribution in [-0.4, -0.2) is 74.4 Å². The molecule has 0 N–H and O–H groups in total. The minimum Gasteiger partial charge on any atom is -0.339 e. The fourth-order valence-electron chi connectivity index (χ4n) is 4.28. The molecular weight excluding hydrogens is 382 g/mol. The number of hydrogen-bond donors (Lipinski definition) is 0. The lowest BCUT2D eigenvalue weighted by Crippen LogP contribution is -2.59. The van der Waals surface area contributed by atoms with Gasteiger partial charge in [0.15, 0.2) is 0 Å². The molecule has 4 rings (SSSR count). The molecule has 2 saturated heterocycles. The van der Waals surface area contributed by atoms with Crippen molar-refractivity contribution in [2.75, 3.05) is 26.2 Å². The monoisotopic (exact) mass is 409 g/mol. The van der Waals surface area contributed by atoms with E-state index in [1.54, 1.807) is 19.4 Å². The number of aryl methyl sites for hydroxylation is 2. The van der Waals surface area contributed by atoms with Gasteiger partial charge in [-0.2, -0.15) is 5.10 Å². The van der Waals surface area contributed by atoms with E-state index in [0.717, 1.165) is 17.0 Å². The van der Waals surface area contributed by atoms with Gasteiger partial charge in [-0.25, -0.2) is 0 Å². The molecule has 2 aliphatic rings. The van der Waals surface area contributed by atoms with Gasteiger partial charge in [-0.15, -0.1) is 0 Å². The van der Waals surface area contributed by atoms with Crippen molar-refractivity contribution in [2.24, 2.45) is 0 Å².